The van der Waals surface area contributed by atoms with E-state index in [9.17, 15) is 24.2 Å². The molecule has 0 fully saturated rings. The number of nitrogens with one attached hydrogen (secondary N) is 1. The van der Waals surface area contributed by atoms with Gasteiger partial charge in [0.1, 0.15) is 16.9 Å². The van der Waals surface area contributed by atoms with Crippen LogP contribution in [0.4, 0.5) is 4.39 Å². The SMILES string of the molecule is CC(C)OCCNC(=O)c1cc(C(=O)O)c(O)c2ncc(Cc3ccc(F)cc3)cc12. The van der Waals surface area contributed by atoms with Crippen molar-refractivity contribution in [3.05, 3.63) is 70.7 Å². The lowest BCUT2D eigenvalue weighted by Crippen LogP contribution is -2.28. The molecule has 0 aliphatic rings. The van der Waals surface area contributed by atoms with Crippen molar-refractivity contribution in [1.82, 2.24) is 10.3 Å². The van der Waals surface area contributed by atoms with Crippen molar-refractivity contribution in [2.45, 2.75) is 26.4 Å². The average molecular weight is 426 g/mol. The molecule has 1 heterocycles. The van der Waals surface area contributed by atoms with E-state index in [4.69, 9.17) is 4.74 Å². The molecule has 0 bridgehead atoms. The van der Waals surface area contributed by atoms with Gasteiger partial charge < -0.3 is 20.3 Å². The van der Waals surface area contributed by atoms with Crippen LogP contribution in [0.3, 0.4) is 0 Å². The number of aromatic hydroxyl groups is 1. The minimum atomic E-state index is -1.37. The number of halogens is 1. The van der Waals surface area contributed by atoms with Crippen molar-refractivity contribution < 1.29 is 28.9 Å². The van der Waals surface area contributed by atoms with E-state index in [0.29, 0.717) is 18.4 Å². The molecule has 1 aromatic heterocycles. The van der Waals surface area contributed by atoms with E-state index >= 15 is 0 Å². The Labute approximate surface area is 178 Å². The molecule has 0 radical (unpaired) electrons. The van der Waals surface area contributed by atoms with Crippen molar-refractivity contribution in [2.24, 2.45) is 0 Å². The lowest BCUT2D eigenvalue weighted by Gasteiger charge is -2.13. The summed E-state index contributed by atoms with van der Waals surface area (Å²) in [6, 6.07) is 8.82. The number of phenols is 1. The maximum absolute atomic E-state index is 13.2. The monoisotopic (exact) mass is 426 g/mol. The first-order valence-corrected chi connectivity index (χ1v) is 9.78. The fourth-order valence-corrected chi connectivity index (χ4v) is 3.16. The van der Waals surface area contributed by atoms with Gasteiger partial charge in [0.15, 0.2) is 5.75 Å². The topological polar surface area (TPSA) is 109 Å². The van der Waals surface area contributed by atoms with Gasteiger partial charge in [-0.3, -0.25) is 9.78 Å². The van der Waals surface area contributed by atoms with Gasteiger partial charge in [0, 0.05) is 23.7 Å². The predicted molar refractivity (Wildman–Crippen MR) is 113 cm³/mol. The van der Waals surface area contributed by atoms with E-state index in [-0.39, 0.29) is 29.5 Å². The third-order valence-corrected chi connectivity index (χ3v) is 4.64. The number of hydrogen-bond acceptors (Lipinski definition) is 5. The van der Waals surface area contributed by atoms with E-state index in [1.165, 1.54) is 18.3 Å². The average Bonchev–Trinajstić information content (AvgIpc) is 2.72. The highest BCUT2D eigenvalue weighted by molar-refractivity contribution is 6.11. The quantitative estimate of drug-likeness (QED) is 0.476. The highest BCUT2D eigenvalue weighted by Gasteiger charge is 2.21. The summed E-state index contributed by atoms with van der Waals surface area (Å²) < 4.78 is 18.6. The molecular formula is C23H23FN2O5. The number of ether oxygens (including phenoxy) is 1. The second-order valence-electron chi connectivity index (χ2n) is 7.34. The summed E-state index contributed by atoms with van der Waals surface area (Å²) in [6.07, 6.45) is 1.94. The Balaban J connectivity index is 1.98. The Morgan fingerprint density at radius 2 is 1.84 bits per heavy atom. The van der Waals surface area contributed by atoms with Crippen molar-refractivity contribution >= 4 is 22.8 Å². The molecule has 2 aromatic carbocycles. The number of rotatable bonds is 8. The molecule has 0 saturated heterocycles. The molecule has 31 heavy (non-hydrogen) atoms. The molecule has 0 atom stereocenters. The molecule has 3 aromatic rings. The van der Waals surface area contributed by atoms with Crippen molar-refractivity contribution in [2.75, 3.05) is 13.2 Å². The Hall–Kier alpha value is -3.52. The number of amides is 1. The van der Waals surface area contributed by atoms with Crippen LogP contribution in [0.5, 0.6) is 5.75 Å². The van der Waals surface area contributed by atoms with Crippen LogP contribution in [0.15, 0.2) is 42.6 Å². The van der Waals surface area contributed by atoms with E-state index in [1.807, 2.05) is 13.8 Å². The second kappa shape index (κ2) is 9.53. The normalized spacial score (nSPS) is 11.1. The van der Waals surface area contributed by atoms with Gasteiger partial charge in [-0.2, -0.15) is 0 Å². The number of aromatic carboxylic acids is 1. The van der Waals surface area contributed by atoms with Crippen LogP contribution in [0.2, 0.25) is 0 Å². The Morgan fingerprint density at radius 3 is 2.48 bits per heavy atom. The largest absolute Gasteiger partial charge is 0.505 e. The van der Waals surface area contributed by atoms with Gasteiger partial charge >= 0.3 is 5.97 Å². The molecule has 0 aliphatic heterocycles. The summed E-state index contributed by atoms with van der Waals surface area (Å²) in [4.78, 5) is 28.5. The standard InChI is InChI=1S/C23H23FN2O5/c1-13(2)31-8-7-25-22(28)18-11-19(23(29)30)21(27)20-17(18)10-15(12-26-20)9-14-3-5-16(24)6-4-14/h3-6,10-13,27H,7-9H2,1-2H3,(H,25,28)(H,29,30). The molecular weight excluding hydrogens is 403 g/mol. The van der Waals surface area contributed by atoms with Crippen LogP contribution in [0, 0.1) is 5.82 Å². The van der Waals surface area contributed by atoms with Crippen molar-refractivity contribution in [3.8, 4) is 5.75 Å². The van der Waals surface area contributed by atoms with Gasteiger partial charge in [-0.15, -0.1) is 0 Å². The van der Waals surface area contributed by atoms with Gasteiger partial charge in [0.05, 0.1) is 12.7 Å². The highest BCUT2D eigenvalue weighted by atomic mass is 19.1. The smallest absolute Gasteiger partial charge is 0.339 e. The number of carbonyl (C=O) groups is 2. The third-order valence-electron chi connectivity index (χ3n) is 4.64. The third kappa shape index (κ3) is 5.35. The number of benzene rings is 2. The van der Waals surface area contributed by atoms with Crippen LogP contribution in [0.1, 0.15) is 45.7 Å². The van der Waals surface area contributed by atoms with E-state index < -0.39 is 23.2 Å². The molecule has 8 heteroatoms. The van der Waals surface area contributed by atoms with E-state index in [1.54, 1.807) is 18.2 Å². The van der Waals surface area contributed by atoms with E-state index in [0.717, 1.165) is 17.2 Å². The molecule has 0 unspecified atom stereocenters. The molecule has 162 valence electrons. The number of fused-ring (bicyclic) bond motifs is 1. The lowest BCUT2D eigenvalue weighted by molar-refractivity contribution is 0.0693. The summed E-state index contributed by atoms with van der Waals surface area (Å²) in [5.74, 6) is -2.71. The summed E-state index contributed by atoms with van der Waals surface area (Å²) in [5.41, 5.74) is 1.26. The minimum absolute atomic E-state index is 0.0169. The zero-order valence-corrected chi connectivity index (χ0v) is 17.2. The highest BCUT2D eigenvalue weighted by Crippen LogP contribution is 2.31. The molecule has 7 nitrogen and oxygen atoms in total. The number of hydrogen-bond donors (Lipinski definition) is 3. The van der Waals surface area contributed by atoms with Crippen LogP contribution in [-0.2, 0) is 11.2 Å². The van der Waals surface area contributed by atoms with Crippen LogP contribution < -0.4 is 5.32 Å². The van der Waals surface area contributed by atoms with Gasteiger partial charge in [0.25, 0.3) is 5.91 Å². The minimum Gasteiger partial charge on any atom is -0.505 e. The summed E-state index contributed by atoms with van der Waals surface area (Å²) >= 11 is 0. The maximum Gasteiger partial charge on any atom is 0.339 e. The summed E-state index contributed by atoms with van der Waals surface area (Å²) in [5, 5.41) is 22.8. The lowest BCUT2D eigenvalue weighted by atomic mass is 9.99. The number of pyridine rings is 1. The predicted octanol–water partition coefficient (Wildman–Crippen LogP) is 3.52. The molecule has 1 amide bonds. The summed E-state index contributed by atoms with van der Waals surface area (Å²) in [7, 11) is 0. The number of carboxylic acid groups (broad SMARTS) is 1. The zero-order valence-electron chi connectivity index (χ0n) is 17.2. The Morgan fingerprint density at radius 1 is 1.13 bits per heavy atom. The number of aromatic nitrogens is 1. The maximum atomic E-state index is 13.2. The second-order valence-corrected chi connectivity index (χ2v) is 7.34. The number of carbonyl (C=O) groups excluding carboxylic acids is 1. The Kier molecular flexibility index (Phi) is 6.81. The molecule has 0 aliphatic carbocycles. The Bertz CT molecular complexity index is 1110. The van der Waals surface area contributed by atoms with Crippen molar-refractivity contribution in [3.63, 3.8) is 0 Å². The molecule has 0 spiro atoms. The molecule has 3 rings (SSSR count). The first-order chi connectivity index (χ1) is 14.8. The van der Waals surface area contributed by atoms with Crippen LogP contribution in [-0.4, -0.2) is 46.3 Å². The van der Waals surface area contributed by atoms with Crippen LogP contribution >= 0.6 is 0 Å². The number of carboxylic acids is 1. The van der Waals surface area contributed by atoms with E-state index in [2.05, 4.69) is 10.3 Å². The van der Waals surface area contributed by atoms with Gasteiger partial charge in [-0.05, 0) is 55.7 Å². The fourth-order valence-electron chi connectivity index (χ4n) is 3.16. The first kappa shape index (κ1) is 22.2. The summed E-state index contributed by atoms with van der Waals surface area (Å²) in [6.45, 7) is 4.30. The van der Waals surface area contributed by atoms with Gasteiger partial charge in [-0.1, -0.05) is 12.1 Å². The van der Waals surface area contributed by atoms with Gasteiger partial charge in [-0.25, -0.2) is 9.18 Å². The van der Waals surface area contributed by atoms with Crippen LogP contribution in [0.25, 0.3) is 10.9 Å². The van der Waals surface area contributed by atoms with Crippen molar-refractivity contribution in [1.29, 1.82) is 0 Å². The number of nitrogens with zero attached hydrogens (tertiary/aromatic N) is 1. The fraction of sp³-hybridized carbons (Fsp3) is 0.261. The molecule has 0 saturated carbocycles. The zero-order chi connectivity index (χ0) is 22.5. The first-order valence-electron chi connectivity index (χ1n) is 9.78. The van der Waals surface area contributed by atoms with Gasteiger partial charge in [0.2, 0.25) is 0 Å². The molecule has 3 N–H and O–H groups in total.